The molecule has 1 aliphatic heterocycles. The van der Waals surface area contributed by atoms with E-state index in [2.05, 4.69) is 15.2 Å². The molecule has 180 valence electrons. The molecule has 1 aromatic carbocycles. The fraction of sp³-hybridized carbons (Fsp3) is 0.476. The summed E-state index contributed by atoms with van der Waals surface area (Å²) in [6.45, 7) is 7.24. The zero-order valence-electron chi connectivity index (χ0n) is 18.7. The van der Waals surface area contributed by atoms with Crippen LogP contribution in [0.1, 0.15) is 19.6 Å². The number of carbonyl (C=O) groups is 2. The van der Waals surface area contributed by atoms with Crippen molar-refractivity contribution in [3.05, 3.63) is 41.1 Å². The number of piperazine rings is 1. The highest BCUT2D eigenvalue weighted by molar-refractivity contribution is 7.89. The molecule has 0 saturated carbocycles. The number of nitrogens with one attached hydrogen (secondary N) is 2. The first kappa shape index (κ1) is 25.2. The predicted molar refractivity (Wildman–Crippen MR) is 123 cm³/mol. The molecule has 1 atom stereocenters. The van der Waals surface area contributed by atoms with E-state index in [0.29, 0.717) is 42.8 Å². The smallest absolute Gasteiger partial charge is 0.241 e. The summed E-state index contributed by atoms with van der Waals surface area (Å²) in [7, 11) is -3.89. The first-order chi connectivity index (χ1) is 15.5. The van der Waals surface area contributed by atoms with Crippen LogP contribution in [0.15, 0.2) is 39.8 Å². The average Bonchev–Trinajstić information content (AvgIpc) is 3.16. The lowest BCUT2D eigenvalue weighted by Crippen LogP contribution is -2.57. The number of carbonyl (C=O) groups excluding carboxylic acids is 2. The maximum Gasteiger partial charge on any atom is 0.241 e. The van der Waals surface area contributed by atoms with E-state index < -0.39 is 16.1 Å². The van der Waals surface area contributed by atoms with Crippen LogP contribution in [0.25, 0.3) is 0 Å². The van der Waals surface area contributed by atoms with Gasteiger partial charge in [0.1, 0.15) is 11.8 Å². The maximum atomic E-state index is 13.1. The molecule has 1 aliphatic rings. The van der Waals surface area contributed by atoms with Gasteiger partial charge in [-0.05, 0) is 37.1 Å². The van der Waals surface area contributed by atoms with Crippen molar-refractivity contribution in [1.82, 2.24) is 19.7 Å². The van der Waals surface area contributed by atoms with Gasteiger partial charge in [-0.2, -0.15) is 4.72 Å². The fourth-order valence-corrected chi connectivity index (χ4v) is 4.92. The van der Waals surface area contributed by atoms with Crippen molar-refractivity contribution in [2.24, 2.45) is 5.92 Å². The summed E-state index contributed by atoms with van der Waals surface area (Å²) in [5, 5.41) is 6.83. The summed E-state index contributed by atoms with van der Waals surface area (Å²) in [6.07, 6.45) is 0. The standard InChI is InChI=1S/C21H28ClN5O5S/c1-14(2)20(25-33(30,31)17-6-4-16(22)5-7-17)21(29)27-10-8-26(9-11-27)13-19(28)23-18-12-15(3)32-24-18/h4-7,12,14,20,25H,8-11,13H2,1-3H3,(H,23,24,28)/t20-/m0/s1. The van der Waals surface area contributed by atoms with Gasteiger partial charge in [0.2, 0.25) is 21.8 Å². The number of hydrogen-bond donors (Lipinski definition) is 2. The third-order valence-electron chi connectivity index (χ3n) is 5.29. The largest absolute Gasteiger partial charge is 0.360 e. The van der Waals surface area contributed by atoms with E-state index >= 15 is 0 Å². The minimum absolute atomic E-state index is 0.0449. The Morgan fingerprint density at radius 3 is 2.33 bits per heavy atom. The van der Waals surface area contributed by atoms with Crippen LogP contribution in [0.3, 0.4) is 0 Å². The summed E-state index contributed by atoms with van der Waals surface area (Å²) < 4.78 is 33.0. The van der Waals surface area contributed by atoms with Gasteiger partial charge in [-0.15, -0.1) is 0 Å². The molecule has 0 unspecified atom stereocenters. The van der Waals surface area contributed by atoms with E-state index in [4.69, 9.17) is 16.1 Å². The Morgan fingerprint density at radius 2 is 1.79 bits per heavy atom. The number of aromatic nitrogens is 1. The number of nitrogens with zero attached hydrogens (tertiary/aromatic N) is 3. The second kappa shape index (κ2) is 10.6. The predicted octanol–water partition coefficient (Wildman–Crippen LogP) is 1.72. The zero-order valence-corrected chi connectivity index (χ0v) is 20.3. The molecule has 1 saturated heterocycles. The highest BCUT2D eigenvalue weighted by Gasteiger charge is 2.33. The Kier molecular flexibility index (Phi) is 8.11. The van der Waals surface area contributed by atoms with E-state index in [1.807, 2.05) is 4.90 Å². The Morgan fingerprint density at radius 1 is 1.15 bits per heavy atom. The summed E-state index contributed by atoms with van der Waals surface area (Å²) in [4.78, 5) is 29.0. The number of rotatable bonds is 8. The van der Waals surface area contributed by atoms with Crippen LogP contribution in [-0.2, 0) is 19.6 Å². The van der Waals surface area contributed by atoms with E-state index in [9.17, 15) is 18.0 Å². The molecule has 0 bridgehead atoms. The minimum atomic E-state index is -3.89. The molecule has 2 N–H and O–H groups in total. The van der Waals surface area contributed by atoms with Gasteiger partial charge in [-0.3, -0.25) is 14.5 Å². The van der Waals surface area contributed by atoms with Crippen LogP contribution >= 0.6 is 11.6 Å². The Bertz CT molecular complexity index is 1080. The zero-order chi connectivity index (χ0) is 24.2. The van der Waals surface area contributed by atoms with E-state index in [0.717, 1.165) is 0 Å². The molecule has 1 fully saturated rings. The summed E-state index contributed by atoms with van der Waals surface area (Å²) in [6, 6.07) is 6.50. The maximum absolute atomic E-state index is 13.1. The van der Waals surface area contributed by atoms with Gasteiger partial charge in [-0.25, -0.2) is 8.42 Å². The number of halogens is 1. The molecule has 2 aromatic rings. The molecular formula is C21H28ClN5O5S. The third-order valence-corrected chi connectivity index (χ3v) is 6.99. The first-order valence-corrected chi connectivity index (χ1v) is 12.4. The Balaban J connectivity index is 1.56. The molecule has 33 heavy (non-hydrogen) atoms. The van der Waals surface area contributed by atoms with Gasteiger partial charge in [0, 0.05) is 37.3 Å². The van der Waals surface area contributed by atoms with Crippen molar-refractivity contribution in [3.8, 4) is 0 Å². The van der Waals surface area contributed by atoms with Gasteiger partial charge < -0.3 is 14.7 Å². The van der Waals surface area contributed by atoms with Gasteiger partial charge in [0.15, 0.2) is 5.82 Å². The molecule has 2 amide bonds. The van der Waals surface area contributed by atoms with Crippen molar-refractivity contribution in [2.45, 2.75) is 31.7 Å². The van der Waals surface area contributed by atoms with Gasteiger partial charge in [-0.1, -0.05) is 30.6 Å². The molecule has 2 heterocycles. The molecule has 1 aromatic heterocycles. The van der Waals surface area contributed by atoms with Crippen LogP contribution in [0.2, 0.25) is 5.02 Å². The van der Waals surface area contributed by atoms with Gasteiger partial charge >= 0.3 is 0 Å². The van der Waals surface area contributed by atoms with Crippen LogP contribution in [-0.4, -0.2) is 74.0 Å². The number of amides is 2. The molecule has 3 rings (SSSR count). The SMILES string of the molecule is Cc1cc(NC(=O)CN2CCN(C(=O)[C@@H](NS(=O)(=O)c3ccc(Cl)cc3)C(C)C)CC2)no1. The quantitative estimate of drug-likeness (QED) is 0.568. The van der Waals surface area contributed by atoms with Crippen LogP contribution in [0, 0.1) is 12.8 Å². The van der Waals surface area contributed by atoms with Gasteiger partial charge in [0.25, 0.3) is 0 Å². The van der Waals surface area contributed by atoms with Crippen molar-refractivity contribution in [2.75, 3.05) is 38.0 Å². The summed E-state index contributed by atoms with van der Waals surface area (Å²) in [5.74, 6) is 0.195. The number of hydrogen-bond acceptors (Lipinski definition) is 7. The molecular weight excluding hydrogens is 470 g/mol. The first-order valence-electron chi connectivity index (χ1n) is 10.6. The Labute approximate surface area is 198 Å². The number of anilines is 1. The second-order valence-electron chi connectivity index (χ2n) is 8.27. The van der Waals surface area contributed by atoms with E-state index in [1.165, 1.54) is 24.3 Å². The normalized spacial score (nSPS) is 16.1. The number of benzene rings is 1. The number of aryl methyl sites for hydroxylation is 1. The van der Waals surface area contributed by atoms with Crippen molar-refractivity contribution >= 4 is 39.3 Å². The second-order valence-corrected chi connectivity index (χ2v) is 10.4. The summed E-state index contributed by atoms with van der Waals surface area (Å²) >= 11 is 5.84. The topological polar surface area (TPSA) is 125 Å². The minimum Gasteiger partial charge on any atom is -0.360 e. The highest BCUT2D eigenvalue weighted by Crippen LogP contribution is 2.17. The lowest BCUT2D eigenvalue weighted by molar-refractivity contribution is -0.135. The highest BCUT2D eigenvalue weighted by atomic mass is 35.5. The van der Waals surface area contributed by atoms with E-state index in [-0.39, 0.29) is 29.2 Å². The van der Waals surface area contributed by atoms with Crippen LogP contribution in [0.4, 0.5) is 5.82 Å². The molecule has 0 aliphatic carbocycles. The van der Waals surface area contributed by atoms with E-state index in [1.54, 1.807) is 31.7 Å². The van der Waals surface area contributed by atoms with Crippen LogP contribution in [0.5, 0.6) is 0 Å². The molecule has 0 radical (unpaired) electrons. The fourth-order valence-electron chi connectivity index (χ4n) is 3.45. The average molecular weight is 498 g/mol. The molecule has 12 heteroatoms. The third kappa shape index (κ3) is 6.76. The lowest BCUT2D eigenvalue weighted by Gasteiger charge is -2.36. The molecule has 0 spiro atoms. The van der Waals surface area contributed by atoms with Crippen molar-refractivity contribution in [3.63, 3.8) is 0 Å². The summed E-state index contributed by atoms with van der Waals surface area (Å²) in [5.41, 5.74) is 0. The Hall–Kier alpha value is -2.47. The number of sulfonamides is 1. The van der Waals surface area contributed by atoms with Crippen molar-refractivity contribution < 1.29 is 22.5 Å². The van der Waals surface area contributed by atoms with Crippen molar-refractivity contribution in [1.29, 1.82) is 0 Å². The monoisotopic (exact) mass is 497 g/mol. The lowest BCUT2D eigenvalue weighted by atomic mass is 10.0. The van der Waals surface area contributed by atoms with Crippen LogP contribution < -0.4 is 10.0 Å². The molecule has 10 nitrogen and oxygen atoms in total. The van der Waals surface area contributed by atoms with Gasteiger partial charge in [0.05, 0.1) is 11.4 Å².